The molecule has 1 heterocycles. The summed E-state index contributed by atoms with van der Waals surface area (Å²) in [5.41, 5.74) is 1.38. The maximum Gasteiger partial charge on any atom is 0.191 e. The Morgan fingerprint density at radius 3 is 2.41 bits per heavy atom. The molecule has 1 aliphatic heterocycles. The van der Waals surface area contributed by atoms with Crippen LogP contribution in [-0.2, 0) is 11.2 Å². The van der Waals surface area contributed by atoms with Crippen LogP contribution in [0.5, 0.6) is 0 Å². The maximum atomic E-state index is 5.49. The summed E-state index contributed by atoms with van der Waals surface area (Å²) >= 11 is 0. The Hall–Kier alpha value is -0.900. The normalized spacial score (nSPS) is 17.0. The molecule has 1 aromatic carbocycles. The van der Waals surface area contributed by atoms with Crippen LogP contribution in [0.2, 0.25) is 0 Å². The molecule has 1 saturated heterocycles. The first kappa shape index (κ1) is 26.1. The fourth-order valence-electron chi connectivity index (χ4n) is 3.42. The van der Waals surface area contributed by atoms with Crippen molar-refractivity contribution in [3.8, 4) is 0 Å². The van der Waals surface area contributed by atoms with Gasteiger partial charge in [0.2, 0.25) is 0 Å². The van der Waals surface area contributed by atoms with Crippen LogP contribution >= 0.6 is 24.0 Å². The van der Waals surface area contributed by atoms with Gasteiger partial charge in [-0.2, -0.15) is 0 Å². The second-order valence-corrected chi connectivity index (χ2v) is 8.30. The number of hydrogen-bond donors (Lipinski definition) is 2. The Kier molecular flexibility index (Phi) is 12.1. The molecule has 0 amide bonds. The van der Waals surface area contributed by atoms with Crippen LogP contribution in [0.1, 0.15) is 26.3 Å². The van der Waals surface area contributed by atoms with Crippen molar-refractivity contribution >= 4 is 29.9 Å². The van der Waals surface area contributed by atoms with Crippen molar-refractivity contribution in [1.82, 2.24) is 20.4 Å². The lowest BCUT2D eigenvalue weighted by molar-refractivity contribution is -0.00684. The largest absolute Gasteiger partial charge is 0.379 e. The molecule has 2 rings (SSSR count). The molecule has 0 aromatic heterocycles. The van der Waals surface area contributed by atoms with Crippen LogP contribution in [0.4, 0.5) is 0 Å². The summed E-state index contributed by atoms with van der Waals surface area (Å²) < 4.78 is 5.49. The summed E-state index contributed by atoms with van der Waals surface area (Å²) in [4.78, 5) is 9.64. The zero-order valence-electron chi connectivity index (χ0n) is 18.8. The van der Waals surface area contributed by atoms with Gasteiger partial charge in [-0.15, -0.1) is 24.0 Å². The van der Waals surface area contributed by atoms with Crippen LogP contribution in [0.15, 0.2) is 35.3 Å². The standard InChI is InChI=1S/C22H39N5O.HI/c1-6-23-21(25-18-22(2,3)27-12-14-28-15-13-27)24-17-20(26(4)5)16-19-10-8-7-9-11-19;/h7-11,20H,6,12-18H2,1-5H3,(H2,23,24,25);1H. The number of hydrogen-bond acceptors (Lipinski definition) is 4. The van der Waals surface area contributed by atoms with E-state index in [4.69, 9.17) is 9.73 Å². The highest BCUT2D eigenvalue weighted by Gasteiger charge is 2.28. The number of guanidine groups is 1. The van der Waals surface area contributed by atoms with Crippen molar-refractivity contribution in [3.63, 3.8) is 0 Å². The lowest BCUT2D eigenvalue weighted by Crippen LogP contribution is -2.52. The van der Waals surface area contributed by atoms with E-state index in [1.807, 2.05) is 0 Å². The van der Waals surface area contributed by atoms with Crippen LogP contribution in [0, 0.1) is 0 Å². The van der Waals surface area contributed by atoms with E-state index >= 15 is 0 Å². The van der Waals surface area contributed by atoms with E-state index in [2.05, 4.69) is 85.6 Å². The summed E-state index contributed by atoms with van der Waals surface area (Å²) in [5, 5.41) is 6.95. The van der Waals surface area contributed by atoms with Gasteiger partial charge >= 0.3 is 0 Å². The maximum absolute atomic E-state index is 5.49. The number of nitrogens with zero attached hydrogens (tertiary/aromatic N) is 3. The molecule has 1 atom stereocenters. The number of morpholine rings is 1. The van der Waals surface area contributed by atoms with Gasteiger partial charge in [0.05, 0.1) is 19.8 Å². The summed E-state index contributed by atoms with van der Waals surface area (Å²) in [5.74, 6) is 0.892. The van der Waals surface area contributed by atoms with Crippen molar-refractivity contribution in [1.29, 1.82) is 0 Å². The average molecular weight is 518 g/mol. The first-order valence-corrected chi connectivity index (χ1v) is 10.5. The molecule has 0 saturated carbocycles. The van der Waals surface area contributed by atoms with Crippen molar-refractivity contribution in [2.24, 2.45) is 4.99 Å². The quantitative estimate of drug-likeness (QED) is 0.300. The molecular weight excluding hydrogens is 477 g/mol. The Labute approximate surface area is 194 Å². The van der Waals surface area contributed by atoms with E-state index in [0.29, 0.717) is 6.04 Å². The summed E-state index contributed by atoms with van der Waals surface area (Å²) in [6.45, 7) is 12.7. The number of rotatable bonds is 9. The van der Waals surface area contributed by atoms with Crippen molar-refractivity contribution in [2.75, 3.05) is 60.0 Å². The minimum absolute atomic E-state index is 0. The molecule has 7 heteroatoms. The average Bonchev–Trinajstić information content (AvgIpc) is 2.70. The summed E-state index contributed by atoms with van der Waals surface area (Å²) in [7, 11) is 4.28. The first-order chi connectivity index (χ1) is 13.4. The molecule has 0 spiro atoms. The molecule has 0 aliphatic carbocycles. The third kappa shape index (κ3) is 9.19. The second-order valence-electron chi connectivity index (χ2n) is 8.30. The summed E-state index contributed by atoms with van der Waals surface area (Å²) in [6.07, 6.45) is 1.01. The van der Waals surface area contributed by atoms with Gasteiger partial charge in [-0.25, -0.2) is 0 Å². The molecule has 1 unspecified atom stereocenters. The number of benzene rings is 1. The van der Waals surface area contributed by atoms with Gasteiger partial charge in [-0.3, -0.25) is 9.89 Å². The zero-order chi connectivity index (χ0) is 20.4. The summed E-state index contributed by atoms with van der Waals surface area (Å²) in [6, 6.07) is 11.1. The molecule has 2 N–H and O–H groups in total. The van der Waals surface area contributed by atoms with Crippen molar-refractivity contribution in [2.45, 2.75) is 38.8 Å². The van der Waals surface area contributed by atoms with Crippen molar-refractivity contribution < 1.29 is 4.74 Å². The molecule has 0 bridgehead atoms. The molecule has 1 fully saturated rings. The molecule has 29 heavy (non-hydrogen) atoms. The highest BCUT2D eigenvalue weighted by molar-refractivity contribution is 14.0. The molecule has 0 radical (unpaired) electrons. The minimum Gasteiger partial charge on any atom is -0.379 e. The third-order valence-corrected chi connectivity index (χ3v) is 5.39. The predicted octanol–water partition coefficient (Wildman–Crippen LogP) is 2.44. The number of aliphatic imine (C=N–C) groups is 1. The molecule has 1 aromatic rings. The third-order valence-electron chi connectivity index (χ3n) is 5.39. The van der Waals surface area contributed by atoms with Gasteiger partial charge in [-0.05, 0) is 46.9 Å². The van der Waals surface area contributed by atoms with Crippen LogP contribution in [0.25, 0.3) is 0 Å². The van der Waals surface area contributed by atoms with Gasteiger partial charge < -0.3 is 20.3 Å². The smallest absolute Gasteiger partial charge is 0.191 e. The fourth-order valence-corrected chi connectivity index (χ4v) is 3.42. The van der Waals surface area contributed by atoms with Crippen LogP contribution in [0.3, 0.4) is 0 Å². The highest BCUT2D eigenvalue weighted by atomic mass is 127. The van der Waals surface area contributed by atoms with E-state index in [1.165, 1.54) is 5.56 Å². The van der Waals surface area contributed by atoms with Crippen molar-refractivity contribution in [3.05, 3.63) is 35.9 Å². The number of ether oxygens (including phenoxy) is 1. The number of halogens is 1. The fraction of sp³-hybridized carbons (Fsp3) is 0.682. The van der Waals surface area contributed by atoms with Gasteiger partial charge in [0.1, 0.15) is 0 Å². The van der Waals surface area contributed by atoms with Gasteiger partial charge in [0.15, 0.2) is 5.96 Å². The Morgan fingerprint density at radius 2 is 1.83 bits per heavy atom. The van der Waals surface area contributed by atoms with Gasteiger partial charge in [-0.1, -0.05) is 30.3 Å². The van der Waals surface area contributed by atoms with E-state index in [1.54, 1.807) is 0 Å². The Balaban J connectivity index is 0.00000420. The zero-order valence-corrected chi connectivity index (χ0v) is 21.1. The molecule has 1 aliphatic rings. The second kappa shape index (κ2) is 13.4. The Morgan fingerprint density at radius 1 is 1.17 bits per heavy atom. The lowest BCUT2D eigenvalue weighted by atomic mass is 10.0. The highest BCUT2D eigenvalue weighted by Crippen LogP contribution is 2.16. The SMILES string of the molecule is CCNC(=NCC(C)(C)N1CCOCC1)NCC(Cc1ccccc1)N(C)C.I. The predicted molar refractivity (Wildman–Crippen MR) is 133 cm³/mol. The van der Waals surface area contributed by atoms with Crippen LogP contribution in [-0.4, -0.2) is 87.4 Å². The number of nitrogens with one attached hydrogen (secondary N) is 2. The van der Waals surface area contributed by atoms with E-state index in [9.17, 15) is 0 Å². The van der Waals surface area contributed by atoms with E-state index in [-0.39, 0.29) is 29.5 Å². The Bertz CT molecular complexity index is 588. The molecule has 6 nitrogen and oxygen atoms in total. The van der Waals surface area contributed by atoms with Gasteiger partial charge in [0.25, 0.3) is 0 Å². The molecule has 166 valence electrons. The monoisotopic (exact) mass is 517 g/mol. The van der Waals surface area contributed by atoms with E-state index in [0.717, 1.165) is 58.3 Å². The minimum atomic E-state index is 0. The van der Waals surface area contributed by atoms with Crippen LogP contribution < -0.4 is 10.6 Å². The van der Waals surface area contributed by atoms with E-state index < -0.39 is 0 Å². The van der Waals surface area contributed by atoms with Gasteiger partial charge in [0, 0.05) is 37.8 Å². The molecular formula is C22H40IN5O. The topological polar surface area (TPSA) is 52.1 Å². The number of likely N-dealkylation sites (N-methyl/N-ethyl adjacent to an activating group) is 1. The first-order valence-electron chi connectivity index (χ1n) is 10.5. The lowest BCUT2D eigenvalue weighted by Gasteiger charge is -2.40.